The molecule has 0 spiro atoms. The lowest BCUT2D eigenvalue weighted by molar-refractivity contribution is 0.0484. The fraction of sp³-hybridized carbons (Fsp3) is 0.500. The van der Waals surface area contributed by atoms with Crippen molar-refractivity contribution in [2.45, 2.75) is 90.1 Å². The van der Waals surface area contributed by atoms with Crippen LogP contribution in [0.1, 0.15) is 68.9 Å². The highest BCUT2D eigenvalue weighted by Crippen LogP contribution is 2.40. The van der Waals surface area contributed by atoms with Crippen LogP contribution in [0.15, 0.2) is 35.1 Å². The molecule has 0 unspecified atom stereocenters. The Balaban J connectivity index is 1.24. The van der Waals surface area contributed by atoms with Crippen LogP contribution in [0.2, 0.25) is 0 Å². The highest BCUT2D eigenvalue weighted by atomic mass is 16.6. The zero-order chi connectivity index (χ0) is 30.2. The van der Waals surface area contributed by atoms with Crippen LogP contribution in [0.4, 0.5) is 4.79 Å². The summed E-state index contributed by atoms with van der Waals surface area (Å²) in [5.74, 6) is 1.01. The number of rotatable bonds is 6. The van der Waals surface area contributed by atoms with E-state index in [2.05, 4.69) is 20.9 Å². The first-order chi connectivity index (χ1) is 20.5. The van der Waals surface area contributed by atoms with Gasteiger partial charge in [0, 0.05) is 35.7 Å². The van der Waals surface area contributed by atoms with Gasteiger partial charge in [-0.3, -0.25) is 14.0 Å². The van der Waals surface area contributed by atoms with Crippen molar-refractivity contribution < 1.29 is 19.1 Å². The van der Waals surface area contributed by atoms with Gasteiger partial charge in [-0.2, -0.15) is 0 Å². The second-order valence-corrected chi connectivity index (χ2v) is 13.2. The van der Waals surface area contributed by atoms with Gasteiger partial charge in [0.25, 0.3) is 5.91 Å². The molecule has 43 heavy (non-hydrogen) atoms. The molecule has 11 heteroatoms. The Morgan fingerprint density at radius 3 is 2.63 bits per heavy atom. The Kier molecular flexibility index (Phi) is 6.33. The molecule has 3 atom stereocenters. The largest absolute Gasteiger partial charge is 0.482 e. The van der Waals surface area contributed by atoms with E-state index in [-0.39, 0.29) is 29.6 Å². The van der Waals surface area contributed by atoms with Crippen molar-refractivity contribution >= 4 is 28.7 Å². The molecule has 0 aromatic carbocycles. The molecular formula is C32H38N6O5. The first-order valence-corrected chi connectivity index (χ1v) is 15.1. The van der Waals surface area contributed by atoms with Crippen molar-refractivity contribution in [2.75, 3.05) is 7.11 Å². The minimum absolute atomic E-state index is 0.0528. The topological polar surface area (TPSA) is 123 Å². The number of methoxy groups -OCH3 is 1. The number of ether oxygens (including phenoxy) is 2. The normalized spacial score (nSPS) is 21.6. The van der Waals surface area contributed by atoms with Crippen molar-refractivity contribution in [2.24, 2.45) is 5.92 Å². The van der Waals surface area contributed by atoms with Crippen molar-refractivity contribution in [3.8, 4) is 17.3 Å². The second kappa shape index (κ2) is 9.89. The third-order valence-corrected chi connectivity index (χ3v) is 9.01. The number of nitrogens with one attached hydrogen (secondary N) is 2. The molecule has 2 saturated heterocycles. The molecule has 2 aliphatic heterocycles. The molecule has 3 fully saturated rings. The predicted molar refractivity (Wildman–Crippen MR) is 162 cm³/mol. The molecule has 3 aliphatic rings. The van der Waals surface area contributed by atoms with E-state index < -0.39 is 11.7 Å². The van der Waals surface area contributed by atoms with Crippen LogP contribution < -0.4 is 15.6 Å². The second-order valence-electron chi connectivity index (χ2n) is 13.2. The van der Waals surface area contributed by atoms with E-state index in [0.717, 1.165) is 47.5 Å². The maximum absolute atomic E-state index is 14.0. The van der Waals surface area contributed by atoms with Gasteiger partial charge in [0.05, 0.1) is 30.6 Å². The summed E-state index contributed by atoms with van der Waals surface area (Å²) in [5, 5.41) is 3.95. The number of aryl methyl sites for hydroxylation is 1. The quantitative estimate of drug-likeness (QED) is 0.339. The Morgan fingerprint density at radius 1 is 1.12 bits per heavy atom. The summed E-state index contributed by atoms with van der Waals surface area (Å²) < 4.78 is 15.4. The number of hydrogen-bond acceptors (Lipinski definition) is 6. The number of carbonyl (C=O) groups is 2. The van der Waals surface area contributed by atoms with Crippen LogP contribution >= 0.6 is 0 Å². The van der Waals surface area contributed by atoms with Crippen LogP contribution in [-0.2, 0) is 11.3 Å². The molecule has 2 bridgehead atoms. The van der Waals surface area contributed by atoms with Crippen molar-refractivity contribution in [1.29, 1.82) is 0 Å². The van der Waals surface area contributed by atoms with Crippen LogP contribution in [-0.4, -0.2) is 66.7 Å². The summed E-state index contributed by atoms with van der Waals surface area (Å²) in [6, 6.07) is 8.87. The third kappa shape index (κ3) is 4.84. The van der Waals surface area contributed by atoms with Crippen LogP contribution in [0.5, 0.6) is 5.88 Å². The maximum atomic E-state index is 14.0. The minimum Gasteiger partial charge on any atom is -0.482 e. The molecule has 1 aliphatic carbocycles. The zero-order valence-electron chi connectivity index (χ0n) is 25.3. The Bertz CT molecular complexity index is 1820. The molecule has 0 radical (unpaired) electrons. The first-order valence-electron chi connectivity index (χ1n) is 15.1. The fourth-order valence-corrected chi connectivity index (χ4v) is 6.97. The molecule has 226 valence electrons. The average Bonchev–Trinajstić information content (AvgIpc) is 3.26. The van der Waals surface area contributed by atoms with E-state index in [4.69, 9.17) is 14.5 Å². The minimum atomic E-state index is -0.589. The predicted octanol–water partition coefficient (Wildman–Crippen LogP) is 4.64. The molecule has 6 heterocycles. The highest BCUT2D eigenvalue weighted by Gasteiger charge is 2.49. The van der Waals surface area contributed by atoms with Gasteiger partial charge in [0.2, 0.25) is 5.56 Å². The number of aromatic amines is 1. The van der Waals surface area contributed by atoms with Crippen LogP contribution in [0.25, 0.3) is 28.1 Å². The average molecular weight is 587 g/mol. The molecular weight excluding hydrogens is 548 g/mol. The number of aromatic nitrogens is 4. The monoisotopic (exact) mass is 586 g/mol. The lowest BCUT2D eigenvalue weighted by Gasteiger charge is -2.27. The van der Waals surface area contributed by atoms with Gasteiger partial charge in [-0.25, -0.2) is 9.78 Å². The molecule has 2 amide bonds. The maximum Gasteiger partial charge on any atom is 0.407 e. The molecule has 4 aromatic heterocycles. The fourth-order valence-electron chi connectivity index (χ4n) is 6.97. The van der Waals surface area contributed by atoms with Gasteiger partial charge in [0.1, 0.15) is 22.6 Å². The van der Waals surface area contributed by atoms with Crippen molar-refractivity contribution in [3.05, 3.63) is 51.9 Å². The van der Waals surface area contributed by atoms with Crippen LogP contribution in [0.3, 0.4) is 0 Å². The van der Waals surface area contributed by atoms with Gasteiger partial charge >= 0.3 is 6.09 Å². The number of amides is 2. The standard InChI is InChI=1S/C32H38N6O5/c1-17-28(24-12-19-8-11-26(39)35-29(19)36(24)16-18-6-7-18)34-25-13-20(14-27(42-5)37(17)25)30(40)38-21-9-10-23(38)22(15-21)33-31(41)43-32(2,3)4/h8,11-14,18,21-23H,6-7,9-10,15-16H2,1-5H3,(H,33,41)(H,35,39)/t21-,22+,23+/m0/s1. The van der Waals surface area contributed by atoms with E-state index in [0.29, 0.717) is 29.4 Å². The van der Waals surface area contributed by atoms with Crippen LogP contribution in [0, 0.1) is 12.8 Å². The SMILES string of the molecule is COc1cc(C(=O)N2[C@H]3CC[C@@H]2[C@H](NC(=O)OC(C)(C)C)C3)cc2nc(-c3cc4ccc(=O)[nH]c4n3CC3CC3)c(C)n12. The van der Waals surface area contributed by atoms with Gasteiger partial charge in [-0.1, -0.05) is 0 Å². The zero-order valence-corrected chi connectivity index (χ0v) is 25.3. The Labute approximate surface area is 249 Å². The Hall–Kier alpha value is -4.28. The lowest BCUT2D eigenvalue weighted by Crippen LogP contribution is -2.46. The summed E-state index contributed by atoms with van der Waals surface area (Å²) in [6.07, 6.45) is 4.33. The third-order valence-electron chi connectivity index (χ3n) is 9.01. The summed E-state index contributed by atoms with van der Waals surface area (Å²) in [7, 11) is 1.59. The van der Waals surface area contributed by atoms with E-state index in [1.54, 1.807) is 19.2 Å². The van der Waals surface area contributed by atoms with E-state index in [1.165, 1.54) is 12.8 Å². The summed E-state index contributed by atoms with van der Waals surface area (Å²) in [4.78, 5) is 48.7. The molecule has 4 aromatic rings. The number of alkyl carbamates (subject to hydrolysis) is 1. The lowest BCUT2D eigenvalue weighted by atomic mass is 9.96. The van der Waals surface area contributed by atoms with Gasteiger partial charge in [-0.05, 0) is 83.9 Å². The van der Waals surface area contributed by atoms with Gasteiger partial charge in [-0.15, -0.1) is 0 Å². The number of nitrogens with zero attached hydrogens (tertiary/aromatic N) is 4. The molecule has 1 saturated carbocycles. The summed E-state index contributed by atoms with van der Waals surface area (Å²) in [6.45, 7) is 8.31. The summed E-state index contributed by atoms with van der Waals surface area (Å²) in [5.41, 5.74) is 3.78. The first kappa shape index (κ1) is 27.5. The number of pyridine rings is 2. The Morgan fingerprint density at radius 2 is 1.91 bits per heavy atom. The van der Waals surface area contributed by atoms with Gasteiger partial charge < -0.3 is 29.2 Å². The number of H-pyrrole nitrogens is 1. The van der Waals surface area contributed by atoms with Gasteiger partial charge in [0.15, 0.2) is 5.88 Å². The summed E-state index contributed by atoms with van der Waals surface area (Å²) >= 11 is 0. The number of carbonyl (C=O) groups excluding carboxylic acids is 2. The smallest absolute Gasteiger partial charge is 0.407 e. The van der Waals surface area contributed by atoms with Crippen molar-refractivity contribution in [3.63, 3.8) is 0 Å². The van der Waals surface area contributed by atoms with Crippen molar-refractivity contribution in [1.82, 2.24) is 29.2 Å². The molecule has 2 N–H and O–H groups in total. The molecule has 11 nitrogen and oxygen atoms in total. The number of hydrogen-bond donors (Lipinski definition) is 2. The van der Waals surface area contributed by atoms with E-state index >= 15 is 0 Å². The number of fused-ring (bicyclic) bond motifs is 4. The van der Waals surface area contributed by atoms with E-state index in [1.807, 2.05) is 49.1 Å². The highest BCUT2D eigenvalue weighted by molar-refractivity contribution is 5.97. The van der Waals surface area contributed by atoms with E-state index in [9.17, 15) is 14.4 Å². The number of imidazole rings is 1. The molecule has 7 rings (SSSR count).